The monoisotopic (exact) mass is 731 g/mol. The van der Waals surface area contributed by atoms with Crippen molar-refractivity contribution in [2.45, 2.75) is 0 Å². The summed E-state index contributed by atoms with van der Waals surface area (Å²) >= 11 is 0. The summed E-state index contributed by atoms with van der Waals surface area (Å²) in [5.41, 5.74) is 10.8. The molecule has 0 radical (unpaired) electrons. The van der Waals surface area contributed by atoms with Crippen molar-refractivity contribution in [3.63, 3.8) is 0 Å². The van der Waals surface area contributed by atoms with E-state index < -0.39 is 8.07 Å². The maximum atomic E-state index is 5.16. The van der Waals surface area contributed by atoms with Gasteiger partial charge in [0.05, 0.1) is 11.4 Å². The van der Waals surface area contributed by atoms with Gasteiger partial charge in [0.15, 0.2) is 13.9 Å². The normalized spacial score (nSPS) is 12.8. The van der Waals surface area contributed by atoms with Crippen molar-refractivity contribution in [2.24, 2.45) is 0 Å². The molecule has 0 atom stereocenters. The number of hydrogen-bond donors (Lipinski definition) is 0. The molecule has 9 aromatic rings. The zero-order chi connectivity index (χ0) is 37.3. The van der Waals surface area contributed by atoms with Crippen LogP contribution in [0.3, 0.4) is 0 Å². The van der Waals surface area contributed by atoms with E-state index >= 15 is 0 Å². The number of nitrogens with zero attached hydrogens (tertiary/aromatic N) is 3. The molecule has 1 aliphatic rings. The highest BCUT2D eigenvalue weighted by atomic mass is 28.3. The van der Waals surface area contributed by atoms with Crippen molar-refractivity contribution < 1.29 is 0 Å². The molecular formula is C52H37N3Si. The molecule has 1 aliphatic heterocycles. The van der Waals surface area contributed by atoms with Crippen LogP contribution in [-0.2, 0) is 0 Å². The Balaban J connectivity index is 1.20. The highest BCUT2D eigenvalue weighted by Crippen LogP contribution is 2.40. The van der Waals surface area contributed by atoms with Crippen LogP contribution in [0.2, 0.25) is 0 Å². The Morgan fingerprint density at radius 3 is 1.46 bits per heavy atom. The standard InChI is InChI=1S/C52H37N3Si/c1-6-19-38(20-7-1)46-37-47(54-52(53-46)39-21-8-2-9-22-39)42-24-18-23-40(35-42)41-33-34-49-51(36-41)56(44-27-12-4-13-28-44,45-29-14-5-15-30-45)50-32-17-16-31-48(50)55(49)43-25-10-3-11-26-43/h1-37H. The van der Waals surface area contributed by atoms with Gasteiger partial charge < -0.3 is 4.90 Å². The van der Waals surface area contributed by atoms with E-state index in [9.17, 15) is 0 Å². The molecule has 0 aliphatic carbocycles. The van der Waals surface area contributed by atoms with Crippen LogP contribution < -0.4 is 25.6 Å². The highest BCUT2D eigenvalue weighted by molar-refractivity contribution is 7.21. The molecule has 3 nitrogen and oxygen atoms in total. The third kappa shape index (κ3) is 5.75. The molecule has 0 unspecified atom stereocenters. The Hall–Kier alpha value is -7.14. The lowest BCUT2D eigenvalue weighted by molar-refractivity contribution is 1.18. The fourth-order valence-electron chi connectivity index (χ4n) is 8.42. The van der Waals surface area contributed by atoms with Gasteiger partial charge in [-0.1, -0.05) is 188 Å². The summed E-state index contributed by atoms with van der Waals surface area (Å²) in [6.07, 6.45) is 0. The van der Waals surface area contributed by atoms with Crippen molar-refractivity contribution in [1.82, 2.24) is 9.97 Å². The predicted octanol–water partition coefficient (Wildman–Crippen LogP) is 10.3. The summed E-state index contributed by atoms with van der Waals surface area (Å²) in [6, 6.07) is 80.9. The second-order valence-corrected chi connectivity index (χ2v) is 17.9. The third-order valence-corrected chi connectivity index (χ3v) is 15.8. The molecule has 8 aromatic carbocycles. The minimum absolute atomic E-state index is 0.710. The van der Waals surface area contributed by atoms with Gasteiger partial charge in [0.25, 0.3) is 0 Å². The lowest BCUT2D eigenvalue weighted by atomic mass is 10.00. The number of benzene rings is 8. The highest BCUT2D eigenvalue weighted by Gasteiger charge is 2.48. The van der Waals surface area contributed by atoms with Gasteiger partial charge >= 0.3 is 0 Å². The summed E-state index contributed by atoms with van der Waals surface area (Å²) in [5.74, 6) is 0.710. The molecule has 0 bridgehead atoms. The Morgan fingerprint density at radius 2 is 0.804 bits per heavy atom. The summed E-state index contributed by atoms with van der Waals surface area (Å²) < 4.78 is 0. The topological polar surface area (TPSA) is 29.0 Å². The van der Waals surface area contributed by atoms with Crippen molar-refractivity contribution in [3.8, 4) is 45.0 Å². The first kappa shape index (κ1) is 33.4. The van der Waals surface area contributed by atoms with Crippen LogP contribution in [-0.4, -0.2) is 18.0 Å². The van der Waals surface area contributed by atoms with E-state index in [1.807, 2.05) is 24.3 Å². The van der Waals surface area contributed by atoms with Crippen molar-refractivity contribution in [1.29, 1.82) is 0 Å². The first-order valence-electron chi connectivity index (χ1n) is 19.1. The molecule has 0 spiro atoms. The Labute approximate surface area is 328 Å². The second kappa shape index (κ2) is 14.3. The zero-order valence-electron chi connectivity index (χ0n) is 30.7. The molecule has 0 fully saturated rings. The number of fused-ring (bicyclic) bond motifs is 2. The fraction of sp³-hybridized carbons (Fsp3) is 0. The summed E-state index contributed by atoms with van der Waals surface area (Å²) in [6.45, 7) is 0. The van der Waals surface area contributed by atoms with Crippen LogP contribution in [0.5, 0.6) is 0 Å². The van der Waals surface area contributed by atoms with E-state index in [0.29, 0.717) is 5.82 Å². The van der Waals surface area contributed by atoms with Gasteiger partial charge in [-0.05, 0) is 68.3 Å². The summed E-state index contributed by atoms with van der Waals surface area (Å²) in [5, 5.41) is 5.46. The largest absolute Gasteiger partial charge is 0.311 e. The van der Waals surface area contributed by atoms with Gasteiger partial charge in [0.2, 0.25) is 0 Å². The molecule has 264 valence electrons. The SMILES string of the molecule is c1ccc(-c2cc(-c3cccc(-c4ccc5c(c4)[Si](c4ccccc4)(c4ccccc4)c4ccccc4N5c4ccccc4)c3)nc(-c3ccccc3)n2)cc1. The molecule has 0 N–H and O–H groups in total. The van der Waals surface area contributed by atoms with E-state index in [2.05, 4.69) is 205 Å². The van der Waals surface area contributed by atoms with E-state index in [1.165, 1.54) is 37.7 Å². The van der Waals surface area contributed by atoms with Crippen molar-refractivity contribution in [2.75, 3.05) is 4.90 Å². The maximum Gasteiger partial charge on any atom is 0.184 e. The average Bonchev–Trinajstić information content (AvgIpc) is 3.29. The second-order valence-electron chi connectivity index (χ2n) is 14.2. The summed E-state index contributed by atoms with van der Waals surface area (Å²) in [7, 11) is -2.84. The van der Waals surface area contributed by atoms with Crippen LogP contribution in [0.1, 0.15) is 0 Å². The first-order valence-corrected chi connectivity index (χ1v) is 21.1. The number of anilines is 3. The Bertz CT molecular complexity index is 2690. The smallest absolute Gasteiger partial charge is 0.184 e. The Kier molecular flexibility index (Phi) is 8.51. The van der Waals surface area contributed by atoms with Crippen LogP contribution in [0, 0.1) is 0 Å². The van der Waals surface area contributed by atoms with E-state index in [4.69, 9.17) is 9.97 Å². The molecule has 1 aromatic heterocycles. The molecule has 2 heterocycles. The number of hydrogen-bond acceptors (Lipinski definition) is 3. The number of rotatable bonds is 7. The molecular weight excluding hydrogens is 695 g/mol. The Morgan fingerprint density at radius 1 is 0.321 bits per heavy atom. The van der Waals surface area contributed by atoms with Crippen molar-refractivity contribution in [3.05, 3.63) is 224 Å². The number of aromatic nitrogens is 2. The van der Waals surface area contributed by atoms with Gasteiger partial charge in [-0.2, -0.15) is 0 Å². The predicted molar refractivity (Wildman–Crippen MR) is 236 cm³/mol. The van der Waals surface area contributed by atoms with E-state index in [1.54, 1.807) is 0 Å². The van der Waals surface area contributed by atoms with Gasteiger partial charge in [-0.25, -0.2) is 9.97 Å². The van der Waals surface area contributed by atoms with Crippen molar-refractivity contribution >= 4 is 45.9 Å². The first-order chi connectivity index (χ1) is 27.8. The van der Waals surface area contributed by atoms with Gasteiger partial charge in [-0.3, -0.25) is 0 Å². The van der Waals surface area contributed by atoms with Crippen LogP contribution in [0.25, 0.3) is 45.0 Å². The van der Waals surface area contributed by atoms with Crippen LogP contribution in [0.15, 0.2) is 224 Å². The molecule has 56 heavy (non-hydrogen) atoms. The lowest BCUT2D eigenvalue weighted by Crippen LogP contribution is -2.77. The minimum atomic E-state index is -2.84. The fourth-order valence-corrected chi connectivity index (χ4v) is 13.5. The summed E-state index contributed by atoms with van der Waals surface area (Å²) in [4.78, 5) is 12.7. The molecule has 0 saturated carbocycles. The molecule has 10 rings (SSSR count). The van der Waals surface area contributed by atoms with E-state index in [-0.39, 0.29) is 0 Å². The van der Waals surface area contributed by atoms with Gasteiger partial charge in [0.1, 0.15) is 0 Å². The van der Waals surface area contributed by atoms with Gasteiger partial charge in [0, 0.05) is 33.8 Å². The average molecular weight is 732 g/mol. The third-order valence-electron chi connectivity index (χ3n) is 10.9. The molecule has 4 heteroatoms. The molecule has 0 saturated heterocycles. The molecule has 0 amide bonds. The minimum Gasteiger partial charge on any atom is -0.311 e. The zero-order valence-corrected chi connectivity index (χ0v) is 31.7. The van der Waals surface area contributed by atoms with Crippen LogP contribution in [0.4, 0.5) is 17.1 Å². The quantitative estimate of drug-likeness (QED) is 0.153. The number of para-hydroxylation sites is 2. The van der Waals surface area contributed by atoms with Crippen LogP contribution >= 0.6 is 0 Å². The van der Waals surface area contributed by atoms with E-state index in [0.717, 1.165) is 39.3 Å². The van der Waals surface area contributed by atoms with Gasteiger partial charge in [-0.15, -0.1) is 0 Å². The maximum absolute atomic E-state index is 5.16. The lowest BCUT2D eigenvalue weighted by Gasteiger charge is -2.45.